The van der Waals surface area contributed by atoms with Crippen LogP contribution in [0.5, 0.6) is 0 Å². The van der Waals surface area contributed by atoms with E-state index in [-0.39, 0.29) is 17.4 Å². The third-order valence-corrected chi connectivity index (χ3v) is 5.80. The summed E-state index contributed by atoms with van der Waals surface area (Å²) in [5.74, 6) is 3.48. The topological polar surface area (TPSA) is 49.6 Å². The van der Waals surface area contributed by atoms with Gasteiger partial charge in [0.1, 0.15) is 0 Å². The summed E-state index contributed by atoms with van der Waals surface area (Å²) in [6, 6.07) is 0.219. The van der Waals surface area contributed by atoms with Crippen LogP contribution in [-0.4, -0.2) is 54.5 Å². The molecule has 3 atom stereocenters. The first kappa shape index (κ1) is 16.3. The zero-order chi connectivity index (χ0) is 15.6. The quantitative estimate of drug-likeness (QED) is 0.777. The molecule has 0 aromatic carbocycles. The number of hydrogen-bond donors (Lipinski definition) is 1. The van der Waals surface area contributed by atoms with Gasteiger partial charge in [-0.1, -0.05) is 26.7 Å². The summed E-state index contributed by atoms with van der Waals surface area (Å²) < 4.78 is 0. The summed E-state index contributed by atoms with van der Waals surface area (Å²) in [7, 11) is 0. The molecule has 1 aliphatic heterocycles. The molecule has 0 aromatic rings. The average molecular weight is 291 g/mol. The van der Waals surface area contributed by atoms with Crippen LogP contribution in [0.1, 0.15) is 33.6 Å². The van der Waals surface area contributed by atoms with Crippen molar-refractivity contribution in [3.63, 3.8) is 0 Å². The van der Waals surface area contributed by atoms with Gasteiger partial charge in [0, 0.05) is 38.1 Å². The SMILES string of the molecule is C#CCN1CCN(C(=O)C2CCC(N)C(C)C2(C)C)CC1. The van der Waals surface area contributed by atoms with Gasteiger partial charge in [0.25, 0.3) is 0 Å². The van der Waals surface area contributed by atoms with E-state index in [4.69, 9.17) is 12.2 Å². The van der Waals surface area contributed by atoms with Crippen molar-refractivity contribution in [2.45, 2.75) is 39.7 Å². The fourth-order valence-electron chi connectivity index (χ4n) is 3.77. The first-order chi connectivity index (χ1) is 9.87. The van der Waals surface area contributed by atoms with E-state index in [0.29, 0.717) is 18.4 Å². The van der Waals surface area contributed by atoms with E-state index < -0.39 is 0 Å². The second-order valence-electron chi connectivity index (χ2n) is 7.21. The van der Waals surface area contributed by atoms with Crippen molar-refractivity contribution in [1.82, 2.24) is 9.80 Å². The van der Waals surface area contributed by atoms with Crippen molar-refractivity contribution in [3.8, 4) is 12.3 Å². The number of carbonyl (C=O) groups excluding carboxylic acids is 1. The smallest absolute Gasteiger partial charge is 0.226 e. The molecule has 4 heteroatoms. The van der Waals surface area contributed by atoms with Crippen LogP contribution in [0.2, 0.25) is 0 Å². The van der Waals surface area contributed by atoms with Gasteiger partial charge in [-0.05, 0) is 24.2 Å². The Kier molecular flexibility index (Phi) is 4.95. The summed E-state index contributed by atoms with van der Waals surface area (Å²) in [4.78, 5) is 17.2. The maximum Gasteiger partial charge on any atom is 0.226 e. The van der Waals surface area contributed by atoms with E-state index in [9.17, 15) is 4.79 Å². The number of terminal acetylenes is 1. The number of piperazine rings is 1. The molecule has 2 aliphatic rings. The summed E-state index contributed by atoms with van der Waals surface area (Å²) in [5, 5.41) is 0. The molecular formula is C17H29N3O. The van der Waals surface area contributed by atoms with Crippen LogP contribution in [-0.2, 0) is 4.79 Å². The molecule has 1 saturated carbocycles. The lowest BCUT2D eigenvalue weighted by atomic mass is 9.60. The Morgan fingerprint density at radius 2 is 1.90 bits per heavy atom. The lowest BCUT2D eigenvalue weighted by Gasteiger charge is -2.48. The van der Waals surface area contributed by atoms with Gasteiger partial charge in [-0.2, -0.15) is 0 Å². The number of nitrogens with zero attached hydrogens (tertiary/aromatic N) is 2. The summed E-state index contributed by atoms with van der Waals surface area (Å²) >= 11 is 0. The normalized spacial score (nSPS) is 33.5. The van der Waals surface area contributed by atoms with E-state index in [1.807, 2.05) is 4.90 Å². The highest BCUT2D eigenvalue weighted by Crippen LogP contribution is 2.45. The highest BCUT2D eigenvalue weighted by Gasteiger charge is 2.46. The standard InChI is InChI=1S/C17H29N3O/c1-5-8-19-9-11-20(12-10-19)16(21)14-6-7-15(18)13(2)17(14,3)4/h1,13-15H,6-12,18H2,2-4H3. The van der Waals surface area contributed by atoms with Crippen molar-refractivity contribution in [2.75, 3.05) is 32.7 Å². The second kappa shape index (κ2) is 6.37. The van der Waals surface area contributed by atoms with E-state index in [1.165, 1.54) is 0 Å². The molecule has 1 heterocycles. The van der Waals surface area contributed by atoms with Gasteiger partial charge < -0.3 is 10.6 Å². The Labute approximate surface area is 129 Å². The molecule has 0 spiro atoms. The van der Waals surface area contributed by atoms with E-state index in [1.54, 1.807) is 0 Å². The second-order valence-corrected chi connectivity index (χ2v) is 7.21. The minimum Gasteiger partial charge on any atom is -0.340 e. The van der Waals surface area contributed by atoms with E-state index >= 15 is 0 Å². The van der Waals surface area contributed by atoms with Gasteiger partial charge >= 0.3 is 0 Å². The van der Waals surface area contributed by atoms with Crippen molar-refractivity contribution in [2.24, 2.45) is 23.0 Å². The van der Waals surface area contributed by atoms with Gasteiger partial charge in [-0.15, -0.1) is 6.42 Å². The Morgan fingerprint density at radius 3 is 2.48 bits per heavy atom. The largest absolute Gasteiger partial charge is 0.340 e. The summed E-state index contributed by atoms with van der Waals surface area (Å²) in [5.41, 5.74) is 6.17. The van der Waals surface area contributed by atoms with Crippen LogP contribution < -0.4 is 5.73 Å². The van der Waals surface area contributed by atoms with Gasteiger partial charge in [-0.3, -0.25) is 9.69 Å². The van der Waals surface area contributed by atoms with Crippen LogP contribution >= 0.6 is 0 Å². The first-order valence-electron chi connectivity index (χ1n) is 8.08. The van der Waals surface area contributed by atoms with Crippen LogP contribution in [0.15, 0.2) is 0 Å². The molecule has 1 amide bonds. The average Bonchev–Trinajstić information content (AvgIpc) is 2.45. The lowest BCUT2D eigenvalue weighted by Crippen LogP contribution is -2.56. The molecule has 3 unspecified atom stereocenters. The number of hydrogen-bond acceptors (Lipinski definition) is 3. The Bertz CT molecular complexity index is 418. The van der Waals surface area contributed by atoms with Crippen LogP contribution in [0.3, 0.4) is 0 Å². The molecule has 4 nitrogen and oxygen atoms in total. The third kappa shape index (κ3) is 3.25. The van der Waals surface area contributed by atoms with Gasteiger partial charge in [0.15, 0.2) is 0 Å². The maximum absolute atomic E-state index is 12.9. The number of carbonyl (C=O) groups is 1. The molecule has 1 aliphatic carbocycles. The van der Waals surface area contributed by atoms with E-state index in [0.717, 1.165) is 39.0 Å². The summed E-state index contributed by atoms with van der Waals surface area (Å²) in [6.07, 6.45) is 7.23. The minimum atomic E-state index is -0.0231. The van der Waals surface area contributed by atoms with Crippen LogP contribution in [0.4, 0.5) is 0 Å². The highest BCUT2D eigenvalue weighted by atomic mass is 16.2. The van der Waals surface area contributed by atoms with Gasteiger partial charge in [-0.25, -0.2) is 0 Å². The molecule has 118 valence electrons. The molecular weight excluding hydrogens is 262 g/mol. The van der Waals surface area contributed by atoms with Crippen molar-refractivity contribution in [1.29, 1.82) is 0 Å². The van der Waals surface area contributed by atoms with Crippen molar-refractivity contribution in [3.05, 3.63) is 0 Å². The monoisotopic (exact) mass is 291 g/mol. The summed E-state index contributed by atoms with van der Waals surface area (Å²) in [6.45, 7) is 10.6. The Morgan fingerprint density at radius 1 is 1.29 bits per heavy atom. The van der Waals surface area contributed by atoms with Gasteiger partial charge in [0.2, 0.25) is 5.91 Å². The first-order valence-corrected chi connectivity index (χ1v) is 8.08. The molecule has 2 rings (SSSR count). The molecule has 1 saturated heterocycles. The third-order valence-electron chi connectivity index (χ3n) is 5.80. The molecule has 2 N–H and O–H groups in total. The Hall–Kier alpha value is -1.05. The van der Waals surface area contributed by atoms with Crippen molar-refractivity contribution < 1.29 is 4.79 Å². The zero-order valence-corrected chi connectivity index (χ0v) is 13.6. The number of nitrogens with two attached hydrogens (primary N) is 1. The maximum atomic E-state index is 12.9. The van der Waals surface area contributed by atoms with E-state index in [2.05, 4.69) is 31.6 Å². The van der Waals surface area contributed by atoms with Crippen LogP contribution in [0.25, 0.3) is 0 Å². The zero-order valence-electron chi connectivity index (χ0n) is 13.6. The molecule has 2 fully saturated rings. The predicted molar refractivity (Wildman–Crippen MR) is 85.5 cm³/mol. The number of rotatable bonds is 2. The molecule has 0 bridgehead atoms. The minimum absolute atomic E-state index is 0.0231. The fourth-order valence-corrected chi connectivity index (χ4v) is 3.77. The lowest BCUT2D eigenvalue weighted by molar-refractivity contribution is -0.145. The Balaban J connectivity index is 1.99. The molecule has 21 heavy (non-hydrogen) atoms. The van der Waals surface area contributed by atoms with Crippen molar-refractivity contribution >= 4 is 5.91 Å². The van der Waals surface area contributed by atoms with Crippen LogP contribution in [0, 0.1) is 29.6 Å². The predicted octanol–water partition coefficient (Wildman–Crippen LogP) is 1.16. The molecule has 0 radical (unpaired) electrons. The van der Waals surface area contributed by atoms with Gasteiger partial charge in [0.05, 0.1) is 6.54 Å². The number of amides is 1. The fraction of sp³-hybridized carbons (Fsp3) is 0.824. The molecule has 0 aromatic heterocycles. The highest BCUT2D eigenvalue weighted by molar-refractivity contribution is 5.80.